The average molecular weight is 322 g/mol. The van der Waals surface area contributed by atoms with Crippen molar-refractivity contribution >= 4 is 11.8 Å². The van der Waals surface area contributed by atoms with Crippen LogP contribution in [0.3, 0.4) is 0 Å². The Morgan fingerprint density at radius 3 is 2.96 bits per heavy atom. The van der Waals surface area contributed by atoms with Crippen LogP contribution in [0.15, 0.2) is 12.3 Å². The van der Waals surface area contributed by atoms with Gasteiger partial charge in [-0.1, -0.05) is 13.8 Å². The number of nitrogens with zero attached hydrogens (tertiary/aromatic N) is 3. The Bertz CT molecular complexity index is 541. The van der Waals surface area contributed by atoms with E-state index in [0.717, 1.165) is 12.1 Å². The summed E-state index contributed by atoms with van der Waals surface area (Å²) in [4.78, 5) is 25.9. The number of hydrogen-bond acceptors (Lipinski definition) is 4. The second kappa shape index (κ2) is 8.10. The highest BCUT2D eigenvalue weighted by molar-refractivity contribution is 5.77. The lowest BCUT2D eigenvalue weighted by Gasteiger charge is -2.34. The summed E-state index contributed by atoms with van der Waals surface area (Å²) in [6, 6.07) is 1.88. The zero-order valence-electron chi connectivity index (χ0n) is 14.1. The van der Waals surface area contributed by atoms with E-state index in [0.29, 0.717) is 32.0 Å². The Morgan fingerprint density at radius 1 is 1.48 bits per heavy atom. The Labute approximate surface area is 137 Å². The molecule has 2 rings (SSSR count). The highest BCUT2D eigenvalue weighted by Gasteiger charge is 2.28. The van der Waals surface area contributed by atoms with Crippen molar-refractivity contribution in [1.29, 1.82) is 0 Å². The highest BCUT2D eigenvalue weighted by Crippen LogP contribution is 2.21. The number of ether oxygens (including phenoxy) is 1. The van der Waals surface area contributed by atoms with Crippen LogP contribution in [0.5, 0.6) is 0 Å². The van der Waals surface area contributed by atoms with E-state index < -0.39 is 0 Å². The first kappa shape index (κ1) is 17.5. The van der Waals surface area contributed by atoms with Crippen molar-refractivity contribution in [2.45, 2.75) is 39.3 Å². The molecule has 1 atom stereocenters. The molecule has 7 nitrogen and oxygen atoms in total. The third-order valence-electron chi connectivity index (χ3n) is 3.98. The maximum absolute atomic E-state index is 12.4. The molecule has 2 amide bonds. The van der Waals surface area contributed by atoms with Gasteiger partial charge in [0.15, 0.2) is 0 Å². The molecule has 1 aliphatic rings. The van der Waals surface area contributed by atoms with Crippen LogP contribution in [0.1, 0.15) is 38.4 Å². The van der Waals surface area contributed by atoms with Crippen LogP contribution in [0.4, 0.5) is 0 Å². The van der Waals surface area contributed by atoms with Crippen molar-refractivity contribution in [2.24, 2.45) is 5.92 Å². The SMILES string of the molecule is COCC(=O)NC[C@@H]1CN(C(=O)CCC(C)C)Cc2ccnn21. The van der Waals surface area contributed by atoms with Crippen molar-refractivity contribution in [2.75, 3.05) is 26.8 Å². The van der Waals surface area contributed by atoms with E-state index in [1.165, 1.54) is 7.11 Å². The van der Waals surface area contributed by atoms with Crippen LogP contribution in [-0.4, -0.2) is 53.3 Å². The molecule has 128 valence electrons. The second-order valence-electron chi connectivity index (χ2n) is 6.36. The Balaban J connectivity index is 1.98. The first-order chi connectivity index (χ1) is 11.0. The minimum Gasteiger partial charge on any atom is -0.375 e. The van der Waals surface area contributed by atoms with Gasteiger partial charge >= 0.3 is 0 Å². The number of hydrogen-bond donors (Lipinski definition) is 1. The molecular weight excluding hydrogens is 296 g/mol. The lowest BCUT2D eigenvalue weighted by atomic mass is 10.1. The summed E-state index contributed by atoms with van der Waals surface area (Å²) < 4.78 is 6.71. The van der Waals surface area contributed by atoms with Gasteiger partial charge in [0.05, 0.1) is 18.3 Å². The predicted molar refractivity (Wildman–Crippen MR) is 85.6 cm³/mol. The molecule has 0 fully saturated rings. The van der Waals surface area contributed by atoms with Crippen LogP contribution < -0.4 is 5.32 Å². The summed E-state index contributed by atoms with van der Waals surface area (Å²) in [5.41, 5.74) is 1.00. The van der Waals surface area contributed by atoms with Crippen LogP contribution in [0.25, 0.3) is 0 Å². The molecule has 0 unspecified atom stereocenters. The molecule has 0 aliphatic carbocycles. The Morgan fingerprint density at radius 2 is 2.26 bits per heavy atom. The van der Waals surface area contributed by atoms with Crippen molar-refractivity contribution in [3.05, 3.63) is 18.0 Å². The average Bonchev–Trinajstić information content (AvgIpc) is 2.98. The van der Waals surface area contributed by atoms with E-state index in [9.17, 15) is 9.59 Å². The fourth-order valence-corrected chi connectivity index (χ4v) is 2.71. The zero-order valence-corrected chi connectivity index (χ0v) is 14.1. The minimum atomic E-state index is -0.163. The van der Waals surface area contributed by atoms with Gasteiger partial charge in [0.25, 0.3) is 0 Å². The fraction of sp³-hybridized carbons (Fsp3) is 0.688. The van der Waals surface area contributed by atoms with Gasteiger partial charge in [-0.25, -0.2) is 0 Å². The summed E-state index contributed by atoms with van der Waals surface area (Å²) in [6.45, 7) is 5.86. The van der Waals surface area contributed by atoms with Crippen LogP contribution in [0, 0.1) is 5.92 Å². The maximum atomic E-state index is 12.4. The van der Waals surface area contributed by atoms with Gasteiger partial charge in [0.1, 0.15) is 6.61 Å². The van der Waals surface area contributed by atoms with Crippen molar-refractivity contribution in [1.82, 2.24) is 20.0 Å². The Kier molecular flexibility index (Phi) is 6.15. The number of amides is 2. The van der Waals surface area contributed by atoms with Gasteiger partial charge in [-0.15, -0.1) is 0 Å². The monoisotopic (exact) mass is 322 g/mol. The number of nitrogens with one attached hydrogen (secondary N) is 1. The lowest BCUT2D eigenvalue weighted by molar-refractivity contribution is -0.133. The molecule has 23 heavy (non-hydrogen) atoms. The molecular formula is C16H26N4O3. The molecule has 0 saturated carbocycles. The number of rotatable bonds is 7. The molecule has 1 aromatic heterocycles. The largest absolute Gasteiger partial charge is 0.375 e. The van der Waals surface area contributed by atoms with E-state index in [1.54, 1.807) is 6.20 Å². The molecule has 1 N–H and O–H groups in total. The first-order valence-corrected chi connectivity index (χ1v) is 8.07. The van der Waals surface area contributed by atoms with Gasteiger partial charge < -0.3 is 15.0 Å². The number of carbonyl (C=O) groups is 2. The van der Waals surface area contributed by atoms with Crippen molar-refractivity contribution < 1.29 is 14.3 Å². The molecule has 0 radical (unpaired) electrons. The summed E-state index contributed by atoms with van der Waals surface area (Å²) in [6.07, 6.45) is 3.19. The molecule has 0 saturated heterocycles. The molecule has 1 aromatic rings. The number of carbonyl (C=O) groups excluding carboxylic acids is 2. The molecule has 0 aromatic carbocycles. The number of fused-ring (bicyclic) bond motifs is 1. The quantitative estimate of drug-likeness (QED) is 0.811. The van der Waals surface area contributed by atoms with Gasteiger partial charge in [0.2, 0.25) is 11.8 Å². The topological polar surface area (TPSA) is 76.5 Å². The molecule has 2 heterocycles. The first-order valence-electron chi connectivity index (χ1n) is 8.07. The van der Waals surface area contributed by atoms with Gasteiger partial charge in [0, 0.05) is 32.8 Å². The lowest BCUT2D eigenvalue weighted by Crippen LogP contribution is -2.45. The summed E-state index contributed by atoms with van der Waals surface area (Å²) in [5, 5.41) is 7.16. The van der Waals surface area contributed by atoms with E-state index in [4.69, 9.17) is 4.74 Å². The maximum Gasteiger partial charge on any atom is 0.246 e. The zero-order chi connectivity index (χ0) is 16.8. The van der Waals surface area contributed by atoms with Gasteiger partial charge in [-0.3, -0.25) is 14.3 Å². The Hall–Kier alpha value is -1.89. The van der Waals surface area contributed by atoms with Gasteiger partial charge in [-0.05, 0) is 18.4 Å². The van der Waals surface area contributed by atoms with E-state index in [1.807, 2.05) is 15.6 Å². The van der Waals surface area contributed by atoms with Crippen LogP contribution in [-0.2, 0) is 20.9 Å². The third-order valence-corrected chi connectivity index (χ3v) is 3.98. The molecule has 0 spiro atoms. The van der Waals surface area contributed by atoms with Crippen molar-refractivity contribution in [3.63, 3.8) is 0 Å². The molecule has 7 heteroatoms. The molecule has 0 bridgehead atoms. The highest BCUT2D eigenvalue weighted by atomic mass is 16.5. The standard InChI is InChI=1S/C16H26N4O3/c1-12(2)4-5-16(22)19-9-13-6-7-18-20(13)14(10-19)8-17-15(21)11-23-3/h6-7,12,14H,4-5,8-11H2,1-3H3,(H,17,21)/t14-/m1/s1. The van der Waals surface area contributed by atoms with Gasteiger partial charge in [-0.2, -0.15) is 5.10 Å². The number of methoxy groups -OCH3 is 1. The van der Waals surface area contributed by atoms with Crippen LogP contribution >= 0.6 is 0 Å². The summed E-state index contributed by atoms with van der Waals surface area (Å²) in [5.74, 6) is 0.516. The van der Waals surface area contributed by atoms with E-state index >= 15 is 0 Å². The summed E-state index contributed by atoms with van der Waals surface area (Å²) >= 11 is 0. The predicted octanol–water partition coefficient (Wildman–Crippen LogP) is 0.965. The number of aromatic nitrogens is 2. The second-order valence-corrected chi connectivity index (χ2v) is 6.36. The van der Waals surface area contributed by atoms with E-state index in [-0.39, 0.29) is 24.5 Å². The minimum absolute atomic E-state index is 0.0374. The fourth-order valence-electron chi connectivity index (χ4n) is 2.71. The van der Waals surface area contributed by atoms with Crippen molar-refractivity contribution in [3.8, 4) is 0 Å². The summed E-state index contributed by atoms with van der Waals surface area (Å²) in [7, 11) is 1.49. The normalized spacial score (nSPS) is 17.2. The van der Waals surface area contributed by atoms with Crippen LogP contribution in [0.2, 0.25) is 0 Å². The third kappa shape index (κ3) is 4.79. The molecule has 1 aliphatic heterocycles. The smallest absolute Gasteiger partial charge is 0.246 e. The van der Waals surface area contributed by atoms with E-state index in [2.05, 4.69) is 24.3 Å².